The van der Waals surface area contributed by atoms with Gasteiger partial charge in [-0.25, -0.2) is 0 Å². The highest BCUT2D eigenvalue weighted by molar-refractivity contribution is 9.10. The molecule has 1 heterocycles. The zero-order valence-electron chi connectivity index (χ0n) is 20.3. The number of nitrogens with one attached hydrogen (secondary N) is 2. The second-order valence-electron chi connectivity index (χ2n) is 8.84. The van der Waals surface area contributed by atoms with Gasteiger partial charge in [-0.3, -0.25) is 14.9 Å². The van der Waals surface area contributed by atoms with Crippen LogP contribution in [0.3, 0.4) is 0 Å². The van der Waals surface area contributed by atoms with Crippen LogP contribution in [0.1, 0.15) is 36.2 Å². The SMILES string of the molecule is COc1c(C)cc(Br)cc1C(=O)NC(=S)Nc1ccc(N2CCN(C(=O)CC(C)C)CC2)c(Cl)c1. The first kappa shape index (κ1) is 27.2. The first-order valence-corrected chi connectivity index (χ1v) is 13.0. The fourth-order valence-corrected chi connectivity index (χ4v) is 5.10. The van der Waals surface area contributed by atoms with Crippen molar-refractivity contribution in [3.05, 3.63) is 51.0 Å². The third-order valence-corrected chi connectivity index (χ3v) is 6.64. The summed E-state index contributed by atoms with van der Waals surface area (Å²) in [6.45, 7) is 8.77. The van der Waals surface area contributed by atoms with Crippen LogP contribution in [0.15, 0.2) is 34.8 Å². The Labute approximate surface area is 225 Å². The summed E-state index contributed by atoms with van der Waals surface area (Å²) >= 11 is 15.3. The number of carbonyl (C=O) groups is 2. The van der Waals surface area contributed by atoms with Gasteiger partial charge in [0.25, 0.3) is 5.91 Å². The van der Waals surface area contributed by atoms with E-state index >= 15 is 0 Å². The molecule has 1 saturated heterocycles. The molecule has 0 atom stereocenters. The number of hydrogen-bond donors (Lipinski definition) is 2. The smallest absolute Gasteiger partial charge is 0.261 e. The molecule has 0 radical (unpaired) electrons. The van der Waals surface area contributed by atoms with Gasteiger partial charge in [0.1, 0.15) is 5.75 Å². The summed E-state index contributed by atoms with van der Waals surface area (Å²) in [5.74, 6) is 0.673. The lowest BCUT2D eigenvalue weighted by Crippen LogP contribution is -2.49. The van der Waals surface area contributed by atoms with Crippen molar-refractivity contribution < 1.29 is 14.3 Å². The highest BCUT2D eigenvalue weighted by Gasteiger charge is 2.23. The lowest BCUT2D eigenvalue weighted by atomic mass is 10.1. The van der Waals surface area contributed by atoms with Crippen molar-refractivity contribution >= 4 is 68.1 Å². The number of piperazine rings is 1. The summed E-state index contributed by atoms with van der Waals surface area (Å²) in [5, 5.41) is 6.42. The van der Waals surface area contributed by atoms with Crippen LogP contribution < -0.4 is 20.3 Å². The number of hydrogen-bond acceptors (Lipinski definition) is 5. The summed E-state index contributed by atoms with van der Waals surface area (Å²) < 4.78 is 6.16. The fourth-order valence-electron chi connectivity index (χ4n) is 4.02. The number of anilines is 2. The van der Waals surface area contributed by atoms with E-state index in [-0.39, 0.29) is 16.9 Å². The molecule has 7 nitrogen and oxygen atoms in total. The van der Waals surface area contributed by atoms with E-state index in [9.17, 15) is 9.59 Å². The molecule has 0 aliphatic carbocycles. The number of ether oxygens (including phenoxy) is 1. The van der Waals surface area contributed by atoms with Crippen LogP contribution in [0.25, 0.3) is 0 Å². The Kier molecular flexibility index (Phi) is 9.38. The Balaban J connectivity index is 1.60. The van der Waals surface area contributed by atoms with Crippen LogP contribution in [-0.2, 0) is 4.79 Å². The van der Waals surface area contributed by atoms with Gasteiger partial charge in [0, 0.05) is 42.8 Å². The predicted molar refractivity (Wildman–Crippen MR) is 149 cm³/mol. The number of amides is 2. The first-order valence-electron chi connectivity index (χ1n) is 11.4. The van der Waals surface area contributed by atoms with Crippen molar-refractivity contribution in [2.45, 2.75) is 27.2 Å². The molecule has 2 aromatic rings. The Morgan fingerprint density at radius 3 is 2.46 bits per heavy atom. The van der Waals surface area contributed by atoms with Gasteiger partial charge in [0.15, 0.2) is 5.11 Å². The topological polar surface area (TPSA) is 73.9 Å². The molecule has 2 amide bonds. The summed E-state index contributed by atoms with van der Waals surface area (Å²) in [6.07, 6.45) is 0.575. The molecule has 0 aromatic heterocycles. The van der Waals surface area contributed by atoms with Crippen molar-refractivity contribution in [1.82, 2.24) is 10.2 Å². The molecular weight excluding hydrogens is 552 g/mol. The Hall–Kier alpha value is -2.36. The number of aryl methyl sites for hydroxylation is 1. The zero-order chi connectivity index (χ0) is 25.7. The van der Waals surface area contributed by atoms with Crippen LogP contribution in [-0.4, -0.2) is 55.1 Å². The van der Waals surface area contributed by atoms with Crippen LogP contribution in [0.4, 0.5) is 11.4 Å². The van der Waals surface area contributed by atoms with Crippen LogP contribution >= 0.6 is 39.7 Å². The standard InChI is InChI=1S/C25H30BrClN4O3S/c1-15(2)11-22(32)31-9-7-30(8-10-31)21-6-5-18(14-20(21)27)28-25(35)29-24(33)19-13-17(26)12-16(3)23(19)34-4/h5-6,12-15H,7-11H2,1-4H3,(H2,28,29,33,35). The number of nitrogens with zero attached hydrogens (tertiary/aromatic N) is 2. The molecule has 3 rings (SSSR count). The number of halogens is 2. The van der Waals surface area contributed by atoms with Gasteiger partial charge < -0.3 is 19.9 Å². The third kappa shape index (κ3) is 7.08. The van der Waals surface area contributed by atoms with Gasteiger partial charge in [-0.05, 0) is 61.0 Å². The van der Waals surface area contributed by atoms with E-state index in [2.05, 4.69) is 45.3 Å². The third-order valence-electron chi connectivity index (χ3n) is 5.68. The van der Waals surface area contributed by atoms with Gasteiger partial charge in [-0.15, -0.1) is 0 Å². The van der Waals surface area contributed by atoms with E-state index in [1.807, 2.05) is 30.0 Å². The van der Waals surface area contributed by atoms with Crippen molar-refractivity contribution in [1.29, 1.82) is 0 Å². The van der Waals surface area contributed by atoms with Crippen molar-refractivity contribution in [2.24, 2.45) is 5.92 Å². The maximum Gasteiger partial charge on any atom is 0.261 e. The molecule has 0 bridgehead atoms. The molecule has 1 fully saturated rings. The van der Waals surface area contributed by atoms with Crippen LogP contribution in [0.5, 0.6) is 5.75 Å². The lowest BCUT2D eigenvalue weighted by molar-refractivity contribution is -0.132. The molecule has 1 aliphatic rings. The number of benzene rings is 2. The van der Waals surface area contributed by atoms with Crippen LogP contribution in [0, 0.1) is 12.8 Å². The second-order valence-corrected chi connectivity index (χ2v) is 10.6. The van der Waals surface area contributed by atoms with Crippen LogP contribution in [0.2, 0.25) is 5.02 Å². The average Bonchev–Trinajstić information content (AvgIpc) is 2.78. The minimum absolute atomic E-state index is 0.149. The van der Waals surface area contributed by atoms with E-state index in [4.69, 9.17) is 28.6 Å². The highest BCUT2D eigenvalue weighted by Crippen LogP contribution is 2.30. The Bertz CT molecular complexity index is 1120. The van der Waals surface area contributed by atoms with Gasteiger partial charge >= 0.3 is 0 Å². The number of thiocarbonyl (C=S) groups is 1. The second kappa shape index (κ2) is 12.1. The largest absolute Gasteiger partial charge is 0.496 e. The number of carbonyl (C=O) groups excluding carboxylic acids is 2. The van der Waals surface area contributed by atoms with Crippen molar-refractivity contribution in [3.8, 4) is 5.75 Å². The van der Waals surface area contributed by atoms with E-state index in [1.54, 1.807) is 12.1 Å². The van der Waals surface area contributed by atoms with E-state index in [0.29, 0.717) is 47.5 Å². The summed E-state index contributed by atoms with van der Waals surface area (Å²) in [5.41, 5.74) is 2.77. The predicted octanol–water partition coefficient (Wildman–Crippen LogP) is 5.24. The maximum absolute atomic E-state index is 12.8. The minimum Gasteiger partial charge on any atom is -0.496 e. The zero-order valence-corrected chi connectivity index (χ0v) is 23.4. The van der Waals surface area contributed by atoms with Crippen molar-refractivity contribution in [2.75, 3.05) is 43.5 Å². The molecule has 2 N–H and O–H groups in total. The molecule has 0 spiro atoms. The normalized spacial score (nSPS) is 13.6. The molecule has 1 aliphatic heterocycles. The highest BCUT2D eigenvalue weighted by atomic mass is 79.9. The Morgan fingerprint density at radius 2 is 1.86 bits per heavy atom. The Morgan fingerprint density at radius 1 is 1.17 bits per heavy atom. The van der Waals surface area contributed by atoms with E-state index < -0.39 is 0 Å². The average molecular weight is 582 g/mol. The summed E-state index contributed by atoms with van der Waals surface area (Å²) in [4.78, 5) is 29.2. The molecule has 188 valence electrons. The minimum atomic E-state index is -0.378. The fraction of sp³-hybridized carbons (Fsp3) is 0.400. The van der Waals surface area contributed by atoms with Crippen molar-refractivity contribution in [3.63, 3.8) is 0 Å². The molecule has 2 aromatic carbocycles. The summed E-state index contributed by atoms with van der Waals surface area (Å²) in [6, 6.07) is 9.11. The first-order chi connectivity index (χ1) is 16.6. The maximum atomic E-state index is 12.8. The molecule has 0 unspecified atom stereocenters. The van der Waals surface area contributed by atoms with Gasteiger partial charge in [-0.1, -0.05) is 41.4 Å². The van der Waals surface area contributed by atoms with E-state index in [0.717, 1.165) is 28.8 Å². The summed E-state index contributed by atoms with van der Waals surface area (Å²) in [7, 11) is 1.52. The molecule has 35 heavy (non-hydrogen) atoms. The van der Waals surface area contributed by atoms with Gasteiger partial charge in [-0.2, -0.15) is 0 Å². The van der Waals surface area contributed by atoms with Gasteiger partial charge in [0.2, 0.25) is 5.91 Å². The number of methoxy groups -OCH3 is 1. The van der Waals surface area contributed by atoms with E-state index in [1.165, 1.54) is 7.11 Å². The molecule has 10 heteroatoms. The van der Waals surface area contributed by atoms with Gasteiger partial charge in [0.05, 0.1) is 23.4 Å². The monoisotopic (exact) mass is 580 g/mol. The lowest BCUT2D eigenvalue weighted by Gasteiger charge is -2.37. The number of rotatable bonds is 6. The molecule has 0 saturated carbocycles. The molecular formula is C25H30BrClN4O3S. The quantitative estimate of drug-likeness (QED) is 0.455.